The number of furan rings is 1. The summed E-state index contributed by atoms with van der Waals surface area (Å²) in [5.41, 5.74) is -0.498. The Kier molecular flexibility index (Phi) is 6.65. The summed E-state index contributed by atoms with van der Waals surface area (Å²) in [6, 6.07) is 3.96. The van der Waals surface area contributed by atoms with E-state index in [9.17, 15) is 9.59 Å². The standard InChI is InChI=1S/C21H33N3O4/c1-21(2,3)28-20(26)24-12-8-16(9-13-24)19(25)22-15-17(18-7-6-14-27-18)23-10-4-5-11-23/h6-7,14,16-17H,4-5,8-13,15H2,1-3H3,(H,22,25). The topological polar surface area (TPSA) is 75.0 Å². The lowest BCUT2D eigenvalue weighted by molar-refractivity contribution is -0.126. The molecule has 0 spiro atoms. The number of rotatable bonds is 5. The van der Waals surface area contributed by atoms with Crippen molar-refractivity contribution < 1.29 is 18.7 Å². The van der Waals surface area contributed by atoms with E-state index in [1.54, 1.807) is 11.2 Å². The summed E-state index contributed by atoms with van der Waals surface area (Å²) < 4.78 is 11.0. The highest BCUT2D eigenvalue weighted by Gasteiger charge is 2.31. The number of hydrogen-bond acceptors (Lipinski definition) is 5. The predicted octanol–water partition coefficient (Wildman–Crippen LogP) is 3.18. The van der Waals surface area contributed by atoms with Crippen LogP contribution in [0.1, 0.15) is 58.3 Å². The van der Waals surface area contributed by atoms with Gasteiger partial charge in [-0.1, -0.05) is 0 Å². The van der Waals surface area contributed by atoms with Crippen LogP contribution in [-0.2, 0) is 9.53 Å². The number of carbonyl (C=O) groups is 2. The molecule has 156 valence electrons. The average Bonchev–Trinajstić information content (AvgIpc) is 3.35. The van der Waals surface area contributed by atoms with E-state index >= 15 is 0 Å². The molecule has 2 fully saturated rings. The van der Waals surface area contributed by atoms with E-state index in [2.05, 4.69) is 10.2 Å². The number of carbonyl (C=O) groups excluding carboxylic acids is 2. The lowest BCUT2D eigenvalue weighted by atomic mass is 9.96. The minimum Gasteiger partial charge on any atom is -0.468 e. The molecule has 0 saturated carbocycles. The van der Waals surface area contributed by atoms with Crippen molar-refractivity contribution in [2.75, 3.05) is 32.7 Å². The lowest BCUT2D eigenvalue weighted by Gasteiger charge is -2.33. The molecule has 7 heteroatoms. The molecule has 2 aliphatic rings. The third kappa shape index (κ3) is 5.50. The van der Waals surface area contributed by atoms with E-state index in [-0.39, 0.29) is 24.0 Å². The Balaban J connectivity index is 1.48. The number of likely N-dealkylation sites (tertiary alicyclic amines) is 2. The van der Waals surface area contributed by atoms with E-state index in [1.807, 2.05) is 32.9 Å². The average molecular weight is 392 g/mol. The molecule has 7 nitrogen and oxygen atoms in total. The summed E-state index contributed by atoms with van der Waals surface area (Å²) >= 11 is 0. The van der Waals surface area contributed by atoms with Gasteiger partial charge >= 0.3 is 6.09 Å². The first-order valence-electron chi connectivity index (χ1n) is 10.4. The molecule has 1 N–H and O–H groups in total. The van der Waals surface area contributed by atoms with Gasteiger partial charge in [-0.2, -0.15) is 0 Å². The number of nitrogens with one attached hydrogen (secondary N) is 1. The van der Waals surface area contributed by atoms with Gasteiger partial charge in [0.15, 0.2) is 0 Å². The second-order valence-electron chi connectivity index (χ2n) is 8.76. The van der Waals surface area contributed by atoms with Gasteiger partial charge in [-0.3, -0.25) is 9.69 Å². The summed E-state index contributed by atoms with van der Waals surface area (Å²) in [5.74, 6) is 0.913. The highest BCUT2D eigenvalue weighted by Crippen LogP contribution is 2.25. The van der Waals surface area contributed by atoms with Crippen LogP contribution in [-0.4, -0.2) is 60.1 Å². The van der Waals surface area contributed by atoms with E-state index in [1.165, 1.54) is 12.8 Å². The normalized spacial score (nSPS) is 20.2. The van der Waals surface area contributed by atoms with Gasteiger partial charge in [0.05, 0.1) is 12.3 Å². The van der Waals surface area contributed by atoms with Crippen LogP contribution in [0.3, 0.4) is 0 Å². The smallest absolute Gasteiger partial charge is 0.410 e. The quantitative estimate of drug-likeness (QED) is 0.834. The zero-order chi connectivity index (χ0) is 20.1. The molecule has 1 unspecified atom stereocenters. The molecule has 1 aromatic heterocycles. The Morgan fingerprint density at radius 1 is 1.21 bits per heavy atom. The molecule has 1 aromatic rings. The minimum absolute atomic E-state index is 0.0606. The van der Waals surface area contributed by atoms with E-state index < -0.39 is 5.60 Å². The maximum atomic E-state index is 12.7. The van der Waals surface area contributed by atoms with Crippen molar-refractivity contribution in [1.82, 2.24) is 15.1 Å². The molecular weight excluding hydrogens is 358 g/mol. The molecule has 0 aromatic carbocycles. The van der Waals surface area contributed by atoms with E-state index in [4.69, 9.17) is 9.15 Å². The number of hydrogen-bond donors (Lipinski definition) is 1. The molecule has 2 saturated heterocycles. The Labute approximate surface area is 167 Å². The van der Waals surface area contributed by atoms with Crippen molar-refractivity contribution in [3.8, 4) is 0 Å². The van der Waals surface area contributed by atoms with Gasteiger partial charge in [0.2, 0.25) is 5.91 Å². The van der Waals surface area contributed by atoms with Gasteiger partial charge in [-0.25, -0.2) is 4.79 Å². The maximum Gasteiger partial charge on any atom is 0.410 e. The van der Waals surface area contributed by atoms with Crippen LogP contribution in [0.2, 0.25) is 0 Å². The van der Waals surface area contributed by atoms with Crippen LogP contribution in [0.15, 0.2) is 22.8 Å². The van der Waals surface area contributed by atoms with Gasteiger partial charge in [0.25, 0.3) is 0 Å². The summed E-state index contributed by atoms with van der Waals surface area (Å²) in [5, 5.41) is 3.12. The summed E-state index contributed by atoms with van der Waals surface area (Å²) in [6.07, 6.45) is 5.11. The molecular formula is C21H33N3O4. The van der Waals surface area contributed by atoms with Gasteiger partial charge in [-0.15, -0.1) is 0 Å². The predicted molar refractivity (Wildman–Crippen MR) is 106 cm³/mol. The van der Waals surface area contributed by atoms with Crippen LogP contribution in [0.5, 0.6) is 0 Å². The number of amides is 2. The zero-order valence-corrected chi connectivity index (χ0v) is 17.3. The van der Waals surface area contributed by atoms with Gasteiger partial charge in [-0.05, 0) is 71.7 Å². The van der Waals surface area contributed by atoms with Crippen molar-refractivity contribution in [3.63, 3.8) is 0 Å². The van der Waals surface area contributed by atoms with Gasteiger partial charge in [0.1, 0.15) is 11.4 Å². The van der Waals surface area contributed by atoms with Crippen LogP contribution >= 0.6 is 0 Å². The molecule has 0 radical (unpaired) electrons. The van der Waals surface area contributed by atoms with Crippen LogP contribution < -0.4 is 5.32 Å². The van der Waals surface area contributed by atoms with Gasteiger partial charge in [0, 0.05) is 25.6 Å². The molecule has 3 heterocycles. The highest BCUT2D eigenvalue weighted by atomic mass is 16.6. The summed E-state index contributed by atoms with van der Waals surface area (Å²) in [7, 11) is 0. The number of nitrogens with zero attached hydrogens (tertiary/aromatic N) is 2. The number of piperidine rings is 1. The first kappa shape index (κ1) is 20.7. The largest absolute Gasteiger partial charge is 0.468 e. The second kappa shape index (κ2) is 8.99. The molecule has 3 rings (SSSR count). The van der Waals surface area contributed by atoms with Crippen molar-refractivity contribution in [2.24, 2.45) is 5.92 Å². The van der Waals surface area contributed by atoms with Crippen molar-refractivity contribution in [2.45, 2.75) is 58.1 Å². The first-order chi connectivity index (χ1) is 13.3. The maximum absolute atomic E-state index is 12.7. The third-order valence-electron chi connectivity index (χ3n) is 5.44. The van der Waals surface area contributed by atoms with E-state index in [0.29, 0.717) is 32.5 Å². The zero-order valence-electron chi connectivity index (χ0n) is 17.3. The SMILES string of the molecule is CC(C)(C)OC(=O)N1CCC(C(=O)NCC(c2ccco2)N2CCCC2)CC1. The number of ether oxygens (including phenoxy) is 1. The molecule has 1 atom stereocenters. The fourth-order valence-electron chi connectivity index (χ4n) is 3.94. The summed E-state index contributed by atoms with van der Waals surface area (Å²) in [4.78, 5) is 28.9. The van der Waals surface area contributed by atoms with Gasteiger partial charge < -0.3 is 19.4 Å². The van der Waals surface area contributed by atoms with Crippen LogP contribution in [0, 0.1) is 5.92 Å². The van der Waals surface area contributed by atoms with E-state index in [0.717, 1.165) is 18.8 Å². The Morgan fingerprint density at radius 2 is 1.89 bits per heavy atom. The molecule has 2 amide bonds. The van der Waals surface area contributed by atoms with Crippen molar-refractivity contribution in [1.29, 1.82) is 0 Å². The monoisotopic (exact) mass is 391 g/mol. The Morgan fingerprint density at radius 3 is 2.46 bits per heavy atom. The molecule has 28 heavy (non-hydrogen) atoms. The van der Waals surface area contributed by atoms with Crippen LogP contribution in [0.25, 0.3) is 0 Å². The fourth-order valence-corrected chi connectivity index (χ4v) is 3.94. The Hall–Kier alpha value is -2.02. The molecule has 0 aliphatic carbocycles. The summed E-state index contributed by atoms with van der Waals surface area (Å²) in [6.45, 7) is 9.33. The second-order valence-corrected chi connectivity index (χ2v) is 8.76. The minimum atomic E-state index is -0.498. The Bertz CT molecular complexity index is 639. The molecule has 2 aliphatic heterocycles. The lowest BCUT2D eigenvalue weighted by Crippen LogP contribution is -2.46. The first-order valence-corrected chi connectivity index (χ1v) is 10.4. The molecule has 0 bridgehead atoms. The van der Waals surface area contributed by atoms with Crippen molar-refractivity contribution in [3.05, 3.63) is 24.2 Å². The van der Waals surface area contributed by atoms with Crippen LogP contribution in [0.4, 0.5) is 4.79 Å². The third-order valence-corrected chi connectivity index (χ3v) is 5.44. The fraction of sp³-hybridized carbons (Fsp3) is 0.714. The van der Waals surface area contributed by atoms with Crippen molar-refractivity contribution >= 4 is 12.0 Å². The highest BCUT2D eigenvalue weighted by molar-refractivity contribution is 5.79.